The molecule has 0 aliphatic carbocycles. The molecule has 5 heteroatoms. The molecule has 0 spiro atoms. The second-order valence-corrected chi connectivity index (χ2v) is 3.93. The average molecular weight is 251 g/mol. The third-order valence-electron chi connectivity index (χ3n) is 2.60. The number of hydrogen-bond donors (Lipinski definition) is 1. The van der Waals surface area contributed by atoms with Gasteiger partial charge in [-0.1, -0.05) is 30.3 Å². The fraction of sp³-hybridized carbons (Fsp3) is 0.385. The number of ether oxygens (including phenoxy) is 1. The molecule has 0 saturated heterocycles. The molecule has 1 rings (SSSR count). The summed E-state index contributed by atoms with van der Waals surface area (Å²) in [5.41, 5.74) is 0.757. The summed E-state index contributed by atoms with van der Waals surface area (Å²) in [5.74, 6) is -1.17. The maximum Gasteiger partial charge on any atom is 0.305 e. The van der Waals surface area contributed by atoms with Gasteiger partial charge < -0.3 is 14.7 Å². The van der Waals surface area contributed by atoms with Gasteiger partial charge in [0, 0.05) is 20.7 Å². The fourth-order valence-corrected chi connectivity index (χ4v) is 1.58. The van der Waals surface area contributed by atoms with Crippen molar-refractivity contribution in [3.05, 3.63) is 35.9 Å². The van der Waals surface area contributed by atoms with Crippen LogP contribution in [0, 0.1) is 0 Å². The number of likely N-dealkylation sites (N-methyl/N-ethyl adjacent to an activating group) is 1. The quantitative estimate of drug-likeness (QED) is 0.827. The third-order valence-corrected chi connectivity index (χ3v) is 2.60. The van der Waals surface area contributed by atoms with E-state index in [9.17, 15) is 9.59 Å². The van der Waals surface area contributed by atoms with Gasteiger partial charge in [0.05, 0.1) is 6.42 Å². The highest BCUT2D eigenvalue weighted by Crippen LogP contribution is 2.18. The van der Waals surface area contributed by atoms with Crippen molar-refractivity contribution < 1.29 is 19.4 Å². The van der Waals surface area contributed by atoms with Crippen LogP contribution < -0.4 is 0 Å². The number of methoxy groups -OCH3 is 1. The molecule has 1 aromatic rings. The summed E-state index contributed by atoms with van der Waals surface area (Å²) in [7, 11) is 3.03. The van der Waals surface area contributed by atoms with E-state index in [2.05, 4.69) is 0 Å². The zero-order valence-electron chi connectivity index (χ0n) is 10.5. The SMILES string of the molecule is COC(C(=O)N(C)CCC(=O)O)c1ccccc1. The molecule has 1 amide bonds. The first-order valence-electron chi connectivity index (χ1n) is 5.60. The first-order chi connectivity index (χ1) is 8.56. The lowest BCUT2D eigenvalue weighted by molar-refractivity contribution is -0.142. The summed E-state index contributed by atoms with van der Waals surface area (Å²) in [6, 6.07) is 9.11. The van der Waals surface area contributed by atoms with E-state index in [0.29, 0.717) is 0 Å². The summed E-state index contributed by atoms with van der Waals surface area (Å²) in [6.45, 7) is 0.168. The second-order valence-electron chi connectivity index (χ2n) is 3.93. The van der Waals surface area contributed by atoms with Crippen LogP contribution in [0.5, 0.6) is 0 Å². The van der Waals surface area contributed by atoms with E-state index < -0.39 is 12.1 Å². The van der Waals surface area contributed by atoms with Crippen LogP contribution in [0.25, 0.3) is 0 Å². The van der Waals surface area contributed by atoms with Gasteiger partial charge in [0.25, 0.3) is 5.91 Å². The molecule has 0 saturated carbocycles. The number of rotatable bonds is 6. The van der Waals surface area contributed by atoms with Gasteiger partial charge in [0.1, 0.15) is 0 Å². The Morgan fingerprint density at radius 1 is 1.33 bits per heavy atom. The summed E-state index contributed by atoms with van der Waals surface area (Å²) in [4.78, 5) is 23.9. The number of aliphatic carboxylic acids is 1. The molecule has 5 nitrogen and oxygen atoms in total. The molecular formula is C13H17NO4. The van der Waals surface area contributed by atoms with Crippen LogP contribution in [0.15, 0.2) is 30.3 Å². The van der Waals surface area contributed by atoms with Crippen molar-refractivity contribution in [1.82, 2.24) is 4.90 Å². The molecule has 0 radical (unpaired) electrons. The molecule has 18 heavy (non-hydrogen) atoms. The molecule has 98 valence electrons. The Labute approximate surface area is 106 Å². The Morgan fingerprint density at radius 3 is 2.44 bits per heavy atom. The van der Waals surface area contributed by atoms with Crippen LogP contribution in [0.4, 0.5) is 0 Å². The van der Waals surface area contributed by atoms with E-state index in [4.69, 9.17) is 9.84 Å². The molecule has 0 fully saturated rings. The standard InChI is InChI=1S/C13H17NO4/c1-14(9-8-11(15)16)13(17)12(18-2)10-6-4-3-5-7-10/h3-7,12H,8-9H2,1-2H3,(H,15,16). The minimum Gasteiger partial charge on any atom is -0.481 e. The van der Waals surface area contributed by atoms with Crippen LogP contribution >= 0.6 is 0 Å². The van der Waals surface area contributed by atoms with E-state index in [-0.39, 0.29) is 18.9 Å². The summed E-state index contributed by atoms with van der Waals surface area (Å²) >= 11 is 0. The predicted molar refractivity (Wildman–Crippen MR) is 66.1 cm³/mol. The Balaban J connectivity index is 2.71. The molecular weight excluding hydrogens is 234 g/mol. The van der Waals surface area contributed by atoms with Crippen molar-refractivity contribution in [1.29, 1.82) is 0 Å². The second kappa shape index (κ2) is 6.76. The van der Waals surface area contributed by atoms with Crippen molar-refractivity contribution in [3.63, 3.8) is 0 Å². The highest BCUT2D eigenvalue weighted by molar-refractivity contribution is 5.82. The summed E-state index contributed by atoms with van der Waals surface area (Å²) < 4.78 is 5.19. The van der Waals surface area contributed by atoms with Gasteiger partial charge in [-0.3, -0.25) is 9.59 Å². The average Bonchev–Trinajstić information content (AvgIpc) is 2.38. The third kappa shape index (κ3) is 3.85. The van der Waals surface area contributed by atoms with E-state index >= 15 is 0 Å². The number of hydrogen-bond acceptors (Lipinski definition) is 3. The number of benzene rings is 1. The van der Waals surface area contributed by atoms with Crippen LogP contribution in [-0.2, 0) is 14.3 Å². The molecule has 0 aromatic heterocycles. The van der Waals surface area contributed by atoms with E-state index in [1.807, 2.05) is 18.2 Å². The number of amides is 1. The minimum atomic E-state index is -0.927. The molecule has 1 aromatic carbocycles. The smallest absolute Gasteiger partial charge is 0.305 e. The van der Waals surface area contributed by atoms with Crippen LogP contribution in [0.1, 0.15) is 18.1 Å². The van der Waals surface area contributed by atoms with Gasteiger partial charge in [-0.25, -0.2) is 0 Å². The maximum absolute atomic E-state index is 12.1. The maximum atomic E-state index is 12.1. The Bertz CT molecular complexity index is 405. The van der Waals surface area contributed by atoms with Gasteiger partial charge in [0.2, 0.25) is 0 Å². The normalized spacial score (nSPS) is 11.9. The Hall–Kier alpha value is -1.88. The molecule has 1 unspecified atom stereocenters. The number of nitrogens with zero attached hydrogens (tertiary/aromatic N) is 1. The molecule has 0 bridgehead atoms. The monoisotopic (exact) mass is 251 g/mol. The lowest BCUT2D eigenvalue weighted by atomic mass is 10.1. The zero-order chi connectivity index (χ0) is 13.5. The number of carboxylic acid groups (broad SMARTS) is 1. The number of carbonyl (C=O) groups is 2. The van der Waals surface area contributed by atoms with Gasteiger partial charge in [-0.05, 0) is 5.56 Å². The first kappa shape index (κ1) is 14.2. The van der Waals surface area contributed by atoms with Crippen molar-refractivity contribution in [3.8, 4) is 0 Å². The van der Waals surface area contributed by atoms with Gasteiger partial charge in [-0.2, -0.15) is 0 Å². The van der Waals surface area contributed by atoms with Crippen LogP contribution in [-0.4, -0.2) is 42.6 Å². The molecule has 0 heterocycles. The van der Waals surface area contributed by atoms with Crippen molar-refractivity contribution >= 4 is 11.9 Å². The lowest BCUT2D eigenvalue weighted by Crippen LogP contribution is -2.34. The molecule has 1 N–H and O–H groups in total. The minimum absolute atomic E-state index is 0.0759. The number of carboxylic acids is 1. The van der Waals surface area contributed by atoms with E-state index in [0.717, 1.165) is 5.56 Å². The zero-order valence-corrected chi connectivity index (χ0v) is 10.5. The summed E-state index contributed by atoms with van der Waals surface area (Å²) in [5, 5.41) is 8.59. The van der Waals surface area contributed by atoms with Gasteiger partial charge >= 0.3 is 5.97 Å². The highest BCUT2D eigenvalue weighted by Gasteiger charge is 2.23. The van der Waals surface area contributed by atoms with Crippen molar-refractivity contribution in [2.24, 2.45) is 0 Å². The topological polar surface area (TPSA) is 66.8 Å². The number of carbonyl (C=O) groups excluding carboxylic acids is 1. The van der Waals surface area contributed by atoms with Crippen molar-refractivity contribution in [2.75, 3.05) is 20.7 Å². The molecule has 1 atom stereocenters. The Morgan fingerprint density at radius 2 is 1.94 bits per heavy atom. The summed E-state index contributed by atoms with van der Waals surface area (Å²) in [6.07, 6.45) is -0.766. The Kier molecular flexibility index (Phi) is 5.32. The predicted octanol–water partition coefficient (Wildman–Crippen LogP) is 1.31. The largest absolute Gasteiger partial charge is 0.481 e. The molecule has 0 aliphatic rings. The van der Waals surface area contributed by atoms with Gasteiger partial charge in [0.15, 0.2) is 6.10 Å². The van der Waals surface area contributed by atoms with E-state index in [1.54, 1.807) is 19.2 Å². The van der Waals surface area contributed by atoms with E-state index in [1.165, 1.54) is 12.0 Å². The van der Waals surface area contributed by atoms with Crippen LogP contribution in [0.3, 0.4) is 0 Å². The van der Waals surface area contributed by atoms with Crippen LogP contribution in [0.2, 0.25) is 0 Å². The highest BCUT2D eigenvalue weighted by atomic mass is 16.5. The first-order valence-corrected chi connectivity index (χ1v) is 5.60. The lowest BCUT2D eigenvalue weighted by Gasteiger charge is -2.22. The van der Waals surface area contributed by atoms with Gasteiger partial charge in [-0.15, -0.1) is 0 Å². The van der Waals surface area contributed by atoms with Crippen molar-refractivity contribution in [2.45, 2.75) is 12.5 Å². The fourth-order valence-electron chi connectivity index (χ4n) is 1.58. The molecule has 0 aliphatic heterocycles.